The molecule has 2 unspecified atom stereocenters. The van der Waals surface area contributed by atoms with Gasteiger partial charge in [-0.05, 0) is 43.0 Å². The van der Waals surface area contributed by atoms with Gasteiger partial charge in [0.15, 0.2) is 0 Å². The van der Waals surface area contributed by atoms with Gasteiger partial charge in [-0.2, -0.15) is 0 Å². The van der Waals surface area contributed by atoms with Crippen LogP contribution < -0.4 is 0 Å². The van der Waals surface area contributed by atoms with Crippen molar-refractivity contribution in [3.05, 3.63) is 29.3 Å². The average molecular weight is 276 g/mol. The molecule has 1 aromatic rings. The molecule has 20 heavy (non-hydrogen) atoms. The van der Waals surface area contributed by atoms with Crippen LogP contribution in [0.3, 0.4) is 0 Å². The van der Waals surface area contributed by atoms with Gasteiger partial charge in [0.25, 0.3) is 0 Å². The van der Waals surface area contributed by atoms with E-state index >= 15 is 0 Å². The zero-order valence-electron chi connectivity index (χ0n) is 12.9. The Morgan fingerprint density at radius 2 is 1.70 bits per heavy atom. The van der Waals surface area contributed by atoms with Gasteiger partial charge in [0.05, 0.1) is 6.10 Å². The van der Waals surface area contributed by atoms with Crippen molar-refractivity contribution in [3.63, 3.8) is 0 Å². The van der Waals surface area contributed by atoms with E-state index < -0.39 is 0 Å². The second kappa shape index (κ2) is 7.68. The first-order chi connectivity index (χ1) is 9.72. The Morgan fingerprint density at radius 1 is 1.05 bits per heavy atom. The van der Waals surface area contributed by atoms with E-state index in [2.05, 4.69) is 19.9 Å². The van der Waals surface area contributed by atoms with E-state index in [0.29, 0.717) is 11.9 Å². The van der Waals surface area contributed by atoms with Gasteiger partial charge in [-0.15, -0.1) is 0 Å². The molecule has 2 heteroatoms. The van der Waals surface area contributed by atoms with Crippen LogP contribution in [-0.2, 0) is 11.2 Å². The maximum atomic E-state index is 9.64. The van der Waals surface area contributed by atoms with Crippen LogP contribution in [0, 0.1) is 0 Å². The standard InChI is InChI=1S/C18H28O2/c1-3-4-5-6-7-8-9-10-15-11-12-16(19)13-17(15)18-14(2)20-18/h11-14,18-19H,3-10H2,1-2H3. The number of hydrogen-bond acceptors (Lipinski definition) is 2. The Labute approximate surface area is 123 Å². The van der Waals surface area contributed by atoms with Gasteiger partial charge in [-0.3, -0.25) is 0 Å². The van der Waals surface area contributed by atoms with Gasteiger partial charge in [-0.1, -0.05) is 51.5 Å². The lowest BCUT2D eigenvalue weighted by molar-refractivity contribution is 0.381. The third-order valence-electron chi connectivity index (χ3n) is 4.20. The summed E-state index contributed by atoms with van der Waals surface area (Å²) in [5, 5.41) is 9.64. The van der Waals surface area contributed by atoms with Crippen LogP contribution in [0.25, 0.3) is 0 Å². The fourth-order valence-electron chi connectivity index (χ4n) is 2.86. The largest absolute Gasteiger partial charge is 0.508 e. The van der Waals surface area contributed by atoms with Crippen LogP contribution in [-0.4, -0.2) is 11.2 Å². The summed E-state index contributed by atoms with van der Waals surface area (Å²) in [4.78, 5) is 0. The number of hydrogen-bond donors (Lipinski definition) is 1. The highest BCUT2D eigenvalue weighted by molar-refractivity contribution is 5.38. The minimum atomic E-state index is 0.210. The van der Waals surface area contributed by atoms with Crippen molar-refractivity contribution in [3.8, 4) is 5.75 Å². The van der Waals surface area contributed by atoms with Crippen LogP contribution in [0.5, 0.6) is 5.75 Å². The molecular formula is C18H28O2. The first-order valence-electron chi connectivity index (χ1n) is 8.19. The van der Waals surface area contributed by atoms with Gasteiger partial charge in [0.2, 0.25) is 0 Å². The van der Waals surface area contributed by atoms with Gasteiger partial charge in [0.1, 0.15) is 11.9 Å². The monoisotopic (exact) mass is 276 g/mol. The summed E-state index contributed by atoms with van der Waals surface area (Å²) in [7, 11) is 0. The van der Waals surface area contributed by atoms with Crippen molar-refractivity contribution in [1.29, 1.82) is 0 Å². The molecule has 2 atom stereocenters. The lowest BCUT2D eigenvalue weighted by atomic mass is 9.97. The molecule has 1 aromatic carbocycles. The summed E-state index contributed by atoms with van der Waals surface area (Å²) in [5.41, 5.74) is 2.55. The molecule has 1 aliphatic rings. The highest BCUT2D eigenvalue weighted by Gasteiger charge is 2.37. The number of epoxide rings is 1. The minimum absolute atomic E-state index is 0.210. The van der Waals surface area contributed by atoms with E-state index in [4.69, 9.17) is 4.74 Å². The van der Waals surface area contributed by atoms with Crippen molar-refractivity contribution < 1.29 is 9.84 Å². The predicted octanol–water partition coefficient (Wildman–Crippen LogP) is 5.15. The normalized spacial score (nSPS) is 21.1. The number of aromatic hydroxyl groups is 1. The van der Waals surface area contributed by atoms with Crippen LogP contribution in [0.15, 0.2) is 18.2 Å². The fourth-order valence-corrected chi connectivity index (χ4v) is 2.86. The van der Waals surface area contributed by atoms with Gasteiger partial charge >= 0.3 is 0 Å². The van der Waals surface area contributed by atoms with E-state index in [1.54, 1.807) is 6.07 Å². The van der Waals surface area contributed by atoms with Crippen LogP contribution in [0.2, 0.25) is 0 Å². The number of phenolic OH excluding ortho intramolecular Hbond substituents is 1. The molecule has 2 nitrogen and oxygen atoms in total. The predicted molar refractivity (Wildman–Crippen MR) is 83.1 cm³/mol. The Morgan fingerprint density at radius 3 is 2.35 bits per heavy atom. The summed E-state index contributed by atoms with van der Waals surface area (Å²) in [5.74, 6) is 0.353. The average Bonchev–Trinajstić information content (AvgIpc) is 3.16. The molecule has 0 aliphatic carbocycles. The van der Waals surface area contributed by atoms with Crippen molar-refractivity contribution in [1.82, 2.24) is 0 Å². The second-order valence-electron chi connectivity index (χ2n) is 6.02. The topological polar surface area (TPSA) is 32.8 Å². The molecular weight excluding hydrogens is 248 g/mol. The molecule has 1 N–H and O–H groups in total. The number of unbranched alkanes of at least 4 members (excludes halogenated alkanes) is 6. The Hall–Kier alpha value is -1.02. The maximum absolute atomic E-state index is 9.64. The quantitative estimate of drug-likeness (QED) is 0.500. The molecule has 1 fully saturated rings. The highest BCUT2D eigenvalue weighted by Crippen LogP contribution is 2.41. The first-order valence-corrected chi connectivity index (χ1v) is 8.19. The molecule has 112 valence electrons. The molecule has 0 aromatic heterocycles. The second-order valence-corrected chi connectivity index (χ2v) is 6.02. The molecule has 1 saturated heterocycles. The molecule has 0 bridgehead atoms. The summed E-state index contributed by atoms with van der Waals surface area (Å²) in [6.07, 6.45) is 11.0. The van der Waals surface area contributed by atoms with E-state index in [-0.39, 0.29) is 6.10 Å². The van der Waals surface area contributed by atoms with E-state index in [0.717, 1.165) is 6.42 Å². The van der Waals surface area contributed by atoms with Crippen molar-refractivity contribution in [2.45, 2.75) is 77.4 Å². The Balaban J connectivity index is 1.75. The number of benzene rings is 1. The number of rotatable bonds is 9. The highest BCUT2D eigenvalue weighted by atomic mass is 16.6. The summed E-state index contributed by atoms with van der Waals surface area (Å²) < 4.78 is 5.56. The van der Waals surface area contributed by atoms with E-state index in [9.17, 15) is 5.11 Å². The lowest BCUT2D eigenvalue weighted by Gasteiger charge is -2.08. The maximum Gasteiger partial charge on any atom is 0.115 e. The van der Waals surface area contributed by atoms with Crippen LogP contribution in [0.4, 0.5) is 0 Å². The summed E-state index contributed by atoms with van der Waals surface area (Å²) in [6, 6.07) is 5.74. The minimum Gasteiger partial charge on any atom is -0.508 e. The molecule has 0 radical (unpaired) electrons. The Kier molecular flexibility index (Phi) is 5.90. The third kappa shape index (κ3) is 4.52. The zero-order valence-corrected chi connectivity index (χ0v) is 12.9. The first kappa shape index (κ1) is 15.4. The molecule has 1 aliphatic heterocycles. The lowest BCUT2D eigenvalue weighted by Crippen LogP contribution is -1.95. The smallest absolute Gasteiger partial charge is 0.115 e. The van der Waals surface area contributed by atoms with Crippen LogP contribution >= 0.6 is 0 Å². The third-order valence-corrected chi connectivity index (χ3v) is 4.20. The Bertz CT molecular complexity index is 414. The van der Waals surface area contributed by atoms with Gasteiger partial charge in [-0.25, -0.2) is 0 Å². The van der Waals surface area contributed by atoms with E-state index in [1.807, 2.05) is 6.07 Å². The molecule has 0 spiro atoms. The van der Waals surface area contributed by atoms with Crippen molar-refractivity contribution >= 4 is 0 Å². The molecule has 2 rings (SSSR count). The van der Waals surface area contributed by atoms with Crippen molar-refractivity contribution in [2.24, 2.45) is 0 Å². The summed E-state index contributed by atoms with van der Waals surface area (Å²) in [6.45, 7) is 4.35. The van der Waals surface area contributed by atoms with E-state index in [1.165, 1.54) is 56.1 Å². The molecule has 0 amide bonds. The molecule has 0 saturated carbocycles. The van der Waals surface area contributed by atoms with Gasteiger partial charge in [0, 0.05) is 0 Å². The number of phenols is 1. The number of ether oxygens (including phenoxy) is 1. The van der Waals surface area contributed by atoms with Crippen molar-refractivity contribution in [2.75, 3.05) is 0 Å². The van der Waals surface area contributed by atoms with Gasteiger partial charge < -0.3 is 9.84 Å². The van der Waals surface area contributed by atoms with Crippen LogP contribution in [0.1, 0.15) is 76.0 Å². The molecule has 1 heterocycles. The fraction of sp³-hybridized carbons (Fsp3) is 0.667. The summed E-state index contributed by atoms with van der Waals surface area (Å²) >= 11 is 0. The number of aryl methyl sites for hydroxylation is 1. The SMILES string of the molecule is CCCCCCCCCc1ccc(O)cc1C1OC1C. The zero-order chi connectivity index (χ0) is 14.4.